The Morgan fingerprint density at radius 2 is 2.09 bits per heavy atom. The maximum absolute atomic E-state index is 13.6. The van der Waals surface area contributed by atoms with Crippen LogP contribution in [-0.2, 0) is 23.0 Å². The molecule has 3 rings (SSSR count). The van der Waals surface area contributed by atoms with Crippen molar-refractivity contribution in [3.63, 3.8) is 0 Å². The van der Waals surface area contributed by atoms with Crippen LogP contribution in [0.1, 0.15) is 23.2 Å². The fraction of sp³-hybridized carbons (Fsp3) is 0.286. The summed E-state index contributed by atoms with van der Waals surface area (Å²) >= 11 is 1.35. The standard InChI is InChI=1S/C14H15FN4O2S2/c1-3-12-18-19-13(9(2)17-14(19)22-12)23(20,21)16-8-10-6-4-5-7-11(10)15/h4-7,16H,3,8H2,1-2H3. The topological polar surface area (TPSA) is 76.4 Å². The molecule has 6 nitrogen and oxygen atoms in total. The molecule has 0 radical (unpaired) electrons. The SMILES string of the molecule is CCc1nn2c(S(=O)(=O)NCc3ccccc3F)c(C)nc2s1. The Bertz CT molecular complexity index is 962. The van der Waals surface area contributed by atoms with Crippen LogP contribution >= 0.6 is 11.3 Å². The lowest BCUT2D eigenvalue weighted by molar-refractivity contribution is 0.566. The molecule has 0 bridgehead atoms. The van der Waals surface area contributed by atoms with Gasteiger partial charge in [0, 0.05) is 12.1 Å². The molecule has 9 heteroatoms. The third-order valence-electron chi connectivity index (χ3n) is 3.33. The van der Waals surface area contributed by atoms with Gasteiger partial charge >= 0.3 is 0 Å². The molecule has 0 saturated heterocycles. The molecule has 1 N–H and O–H groups in total. The second kappa shape index (κ2) is 5.99. The van der Waals surface area contributed by atoms with Gasteiger partial charge in [-0.2, -0.15) is 9.61 Å². The molecule has 122 valence electrons. The summed E-state index contributed by atoms with van der Waals surface area (Å²) in [5.41, 5.74) is 0.648. The molecular formula is C14H15FN4O2S2. The summed E-state index contributed by atoms with van der Waals surface area (Å²) in [6.45, 7) is 3.42. The summed E-state index contributed by atoms with van der Waals surface area (Å²) < 4.78 is 42.5. The van der Waals surface area contributed by atoms with Crippen LogP contribution < -0.4 is 4.72 Å². The predicted molar refractivity (Wildman–Crippen MR) is 85.4 cm³/mol. The Morgan fingerprint density at radius 3 is 2.78 bits per heavy atom. The number of aryl methyl sites for hydroxylation is 2. The van der Waals surface area contributed by atoms with Crippen LogP contribution in [0.25, 0.3) is 4.96 Å². The normalized spacial score (nSPS) is 12.1. The first-order chi connectivity index (χ1) is 10.9. The first kappa shape index (κ1) is 16.0. The highest BCUT2D eigenvalue weighted by Crippen LogP contribution is 2.22. The summed E-state index contributed by atoms with van der Waals surface area (Å²) in [6.07, 6.45) is 0.704. The van der Waals surface area contributed by atoms with Gasteiger partial charge in [-0.05, 0) is 19.4 Å². The van der Waals surface area contributed by atoms with Gasteiger partial charge in [-0.15, -0.1) is 0 Å². The summed E-state index contributed by atoms with van der Waals surface area (Å²) in [5.74, 6) is -0.452. The molecule has 0 fully saturated rings. The van der Waals surface area contributed by atoms with Gasteiger partial charge in [0.1, 0.15) is 10.8 Å². The average molecular weight is 354 g/mol. The zero-order chi connectivity index (χ0) is 16.6. The van der Waals surface area contributed by atoms with Crippen molar-refractivity contribution < 1.29 is 12.8 Å². The van der Waals surface area contributed by atoms with Gasteiger partial charge in [-0.25, -0.2) is 22.5 Å². The van der Waals surface area contributed by atoms with E-state index in [2.05, 4.69) is 14.8 Å². The second-order valence-electron chi connectivity index (χ2n) is 4.96. The maximum atomic E-state index is 13.6. The molecule has 0 aliphatic rings. The number of imidazole rings is 1. The predicted octanol–water partition coefficient (Wildman–Crippen LogP) is 2.28. The van der Waals surface area contributed by atoms with Crippen molar-refractivity contribution >= 4 is 26.3 Å². The van der Waals surface area contributed by atoms with E-state index < -0.39 is 15.8 Å². The number of hydrogen-bond acceptors (Lipinski definition) is 5. The van der Waals surface area contributed by atoms with Crippen LogP contribution in [0.15, 0.2) is 29.3 Å². The molecule has 0 atom stereocenters. The molecule has 2 aromatic heterocycles. The Labute approximate surface area is 137 Å². The van der Waals surface area contributed by atoms with Gasteiger partial charge in [-0.3, -0.25) is 0 Å². The number of fused-ring (bicyclic) bond motifs is 1. The van der Waals surface area contributed by atoms with E-state index in [9.17, 15) is 12.8 Å². The Hall–Kier alpha value is -1.84. The first-order valence-corrected chi connectivity index (χ1v) is 9.30. The molecule has 23 heavy (non-hydrogen) atoms. The van der Waals surface area contributed by atoms with Crippen molar-refractivity contribution in [2.45, 2.75) is 31.8 Å². The highest BCUT2D eigenvalue weighted by molar-refractivity contribution is 7.89. The number of rotatable bonds is 5. The lowest BCUT2D eigenvalue weighted by Crippen LogP contribution is -2.26. The summed E-state index contributed by atoms with van der Waals surface area (Å²) in [7, 11) is -3.86. The number of nitrogens with zero attached hydrogens (tertiary/aromatic N) is 3. The van der Waals surface area contributed by atoms with Crippen LogP contribution in [-0.4, -0.2) is 23.0 Å². The lowest BCUT2D eigenvalue weighted by Gasteiger charge is -2.07. The third kappa shape index (κ3) is 2.99. The number of aromatic nitrogens is 3. The minimum absolute atomic E-state index is 0.000195. The number of hydrogen-bond donors (Lipinski definition) is 1. The highest BCUT2D eigenvalue weighted by Gasteiger charge is 2.25. The molecule has 0 saturated carbocycles. The van der Waals surface area contributed by atoms with Gasteiger partial charge in [0.25, 0.3) is 10.0 Å². The van der Waals surface area contributed by atoms with E-state index in [1.165, 1.54) is 28.0 Å². The second-order valence-corrected chi connectivity index (χ2v) is 7.68. The van der Waals surface area contributed by atoms with Gasteiger partial charge in [-0.1, -0.05) is 36.5 Å². The van der Waals surface area contributed by atoms with E-state index in [4.69, 9.17) is 0 Å². The van der Waals surface area contributed by atoms with Crippen LogP contribution in [0.4, 0.5) is 4.39 Å². The summed E-state index contributed by atoms with van der Waals surface area (Å²) in [6, 6.07) is 6.04. The zero-order valence-electron chi connectivity index (χ0n) is 12.6. The monoisotopic (exact) mass is 354 g/mol. The van der Waals surface area contributed by atoms with Crippen LogP contribution in [0.3, 0.4) is 0 Å². The number of benzene rings is 1. The Balaban J connectivity index is 1.95. The number of sulfonamides is 1. The van der Waals surface area contributed by atoms with Gasteiger partial charge in [0.15, 0.2) is 5.03 Å². The van der Waals surface area contributed by atoms with Crippen molar-refractivity contribution in [3.05, 3.63) is 46.3 Å². The van der Waals surface area contributed by atoms with E-state index in [0.717, 1.165) is 5.01 Å². The minimum Gasteiger partial charge on any atom is -0.221 e. The maximum Gasteiger partial charge on any atom is 0.260 e. The Morgan fingerprint density at radius 1 is 1.35 bits per heavy atom. The van der Waals surface area contributed by atoms with Gasteiger partial charge in [0.2, 0.25) is 4.96 Å². The largest absolute Gasteiger partial charge is 0.260 e. The van der Waals surface area contributed by atoms with Crippen molar-refractivity contribution in [3.8, 4) is 0 Å². The van der Waals surface area contributed by atoms with E-state index >= 15 is 0 Å². The smallest absolute Gasteiger partial charge is 0.221 e. The molecule has 0 unspecified atom stereocenters. The molecule has 1 aromatic carbocycles. The quantitative estimate of drug-likeness (QED) is 0.763. The van der Waals surface area contributed by atoms with Crippen LogP contribution in [0.2, 0.25) is 0 Å². The molecule has 0 amide bonds. The zero-order valence-corrected chi connectivity index (χ0v) is 14.2. The minimum atomic E-state index is -3.86. The first-order valence-electron chi connectivity index (χ1n) is 7.00. The molecule has 0 spiro atoms. The molecule has 2 heterocycles. The lowest BCUT2D eigenvalue weighted by atomic mass is 10.2. The fourth-order valence-corrected chi connectivity index (χ4v) is 4.41. The van der Waals surface area contributed by atoms with E-state index in [1.807, 2.05) is 6.92 Å². The van der Waals surface area contributed by atoms with Crippen molar-refractivity contribution in [1.29, 1.82) is 0 Å². The summed E-state index contributed by atoms with van der Waals surface area (Å²) in [4.78, 5) is 4.78. The van der Waals surface area contributed by atoms with E-state index in [0.29, 0.717) is 17.1 Å². The average Bonchev–Trinajstić information content (AvgIpc) is 3.02. The molecule has 0 aliphatic carbocycles. The van der Waals surface area contributed by atoms with E-state index in [1.54, 1.807) is 19.1 Å². The third-order valence-corrected chi connectivity index (χ3v) is 5.89. The van der Waals surface area contributed by atoms with Crippen molar-refractivity contribution in [2.75, 3.05) is 0 Å². The van der Waals surface area contributed by atoms with Crippen molar-refractivity contribution in [2.24, 2.45) is 0 Å². The Kier molecular flexibility index (Phi) is 4.17. The summed E-state index contributed by atoms with van der Waals surface area (Å²) in [5, 5.41) is 5.07. The fourth-order valence-electron chi connectivity index (χ4n) is 2.20. The molecule has 3 aromatic rings. The van der Waals surface area contributed by atoms with Crippen LogP contribution in [0.5, 0.6) is 0 Å². The number of nitrogens with one attached hydrogen (secondary N) is 1. The van der Waals surface area contributed by atoms with Gasteiger partial charge < -0.3 is 0 Å². The van der Waals surface area contributed by atoms with Gasteiger partial charge in [0.05, 0.1) is 5.69 Å². The highest BCUT2D eigenvalue weighted by atomic mass is 32.2. The van der Waals surface area contributed by atoms with E-state index in [-0.39, 0.29) is 17.1 Å². The molecular weight excluding hydrogens is 339 g/mol. The van der Waals surface area contributed by atoms with Crippen molar-refractivity contribution in [1.82, 2.24) is 19.3 Å². The molecule has 0 aliphatic heterocycles. The van der Waals surface area contributed by atoms with Crippen LogP contribution in [0, 0.1) is 12.7 Å². The number of halogens is 1.